The van der Waals surface area contributed by atoms with Crippen LogP contribution in [0.15, 0.2) is 84.9 Å². The van der Waals surface area contributed by atoms with Crippen LogP contribution in [0.3, 0.4) is 0 Å². The van der Waals surface area contributed by atoms with Crippen LogP contribution in [0.25, 0.3) is 16.8 Å². The molecule has 142 valence electrons. The maximum atomic E-state index is 12.1. The molecule has 3 N–H and O–H groups in total. The van der Waals surface area contributed by atoms with Crippen LogP contribution in [-0.2, 0) is 4.79 Å². The molecular formula is C24H25N3O. The van der Waals surface area contributed by atoms with E-state index in [2.05, 4.69) is 40.4 Å². The highest BCUT2D eigenvalue weighted by Crippen LogP contribution is 2.21. The van der Waals surface area contributed by atoms with E-state index in [1.807, 2.05) is 74.5 Å². The van der Waals surface area contributed by atoms with Gasteiger partial charge >= 0.3 is 0 Å². The Bertz CT molecular complexity index is 947. The normalized spacial score (nSPS) is 11.0. The van der Waals surface area contributed by atoms with Gasteiger partial charge in [-0.2, -0.15) is 0 Å². The predicted octanol–water partition coefficient (Wildman–Crippen LogP) is 4.76. The van der Waals surface area contributed by atoms with Crippen LogP contribution in [-0.4, -0.2) is 12.5 Å². The second-order valence-electron chi connectivity index (χ2n) is 6.54. The number of rotatable bonds is 7. The zero-order chi connectivity index (χ0) is 19.8. The van der Waals surface area contributed by atoms with Crippen molar-refractivity contribution >= 4 is 17.3 Å². The first-order valence-electron chi connectivity index (χ1n) is 9.33. The third-order valence-corrected chi connectivity index (χ3v) is 4.40. The van der Waals surface area contributed by atoms with Crippen molar-refractivity contribution in [3.8, 4) is 11.1 Å². The first kappa shape index (κ1) is 19.2. The second-order valence-corrected chi connectivity index (χ2v) is 6.54. The fourth-order valence-corrected chi connectivity index (χ4v) is 2.90. The maximum absolute atomic E-state index is 12.1. The van der Waals surface area contributed by atoms with E-state index < -0.39 is 0 Å². The van der Waals surface area contributed by atoms with Crippen LogP contribution in [0.1, 0.15) is 18.1 Å². The van der Waals surface area contributed by atoms with Crippen LogP contribution < -0.4 is 16.2 Å². The molecule has 0 spiro atoms. The highest BCUT2D eigenvalue weighted by molar-refractivity contribution is 5.81. The lowest BCUT2D eigenvalue weighted by Gasteiger charge is -2.14. The molecule has 0 fully saturated rings. The van der Waals surface area contributed by atoms with Gasteiger partial charge in [-0.05, 0) is 48.2 Å². The van der Waals surface area contributed by atoms with E-state index in [4.69, 9.17) is 0 Å². The van der Waals surface area contributed by atoms with Crippen LogP contribution in [0, 0.1) is 6.92 Å². The standard InChI is InChI=1S/C24H25N3O/c1-3-23(21-14-12-20(13-15-21)19-9-5-4-6-10-19)26-27-24(28)17-25-22-11-7-8-18(2)16-22/h3-16,25-26H,17H2,1-2H3,(H,27,28). The van der Waals surface area contributed by atoms with Crippen molar-refractivity contribution in [2.24, 2.45) is 0 Å². The number of nitrogens with one attached hydrogen (secondary N) is 3. The van der Waals surface area contributed by atoms with E-state index in [-0.39, 0.29) is 12.5 Å². The zero-order valence-corrected chi connectivity index (χ0v) is 16.2. The van der Waals surface area contributed by atoms with E-state index >= 15 is 0 Å². The molecule has 4 heteroatoms. The molecule has 4 nitrogen and oxygen atoms in total. The molecule has 0 aromatic heterocycles. The molecule has 0 bridgehead atoms. The Hall–Kier alpha value is -3.53. The maximum Gasteiger partial charge on any atom is 0.257 e. The van der Waals surface area contributed by atoms with Gasteiger partial charge in [-0.1, -0.05) is 72.8 Å². The predicted molar refractivity (Wildman–Crippen MR) is 116 cm³/mol. The average molecular weight is 371 g/mol. The van der Waals surface area contributed by atoms with Crippen molar-refractivity contribution in [3.63, 3.8) is 0 Å². The largest absolute Gasteiger partial charge is 0.376 e. The lowest BCUT2D eigenvalue weighted by atomic mass is 10.0. The number of carbonyl (C=O) groups is 1. The van der Waals surface area contributed by atoms with Crippen LogP contribution >= 0.6 is 0 Å². The topological polar surface area (TPSA) is 53.2 Å². The number of hydrogen-bond acceptors (Lipinski definition) is 3. The Kier molecular flexibility index (Phi) is 6.47. The molecule has 3 aromatic rings. The van der Waals surface area contributed by atoms with Crippen molar-refractivity contribution < 1.29 is 4.79 Å². The number of benzene rings is 3. The molecule has 0 saturated carbocycles. The lowest BCUT2D eigenvalue weighted by Crippen LogP contribution is -2.39. The van der Waals surface area contributed by atoms with Crippen LogP contribution in [0.5, 0.6) is 0 Å². The fourth-order valence-electron chi connectivity index (χ4n) is 2.90. The van der Waals surface area contributed by atoms with Crippen molar-refractivity contribution in [1.82, 2.24) is 10.9 Å². The van der Waals surface area contributed by atoms with Gasteiger partial charge in [-0.25, -0.2) is 0 Å². The summed E-state index contributed by atoms with van der Waals surface area (Å²) >= 11 is 0. The molecule has 3 rings (SSSR count). The van der Waals surface area contributed by atoms with Gasteiger partial charge in [0, 0.05) is 5.69 Å². The third kappa shape index (κ3) is 5.24. The Morgan fingerprint density at radius 1 is 0.857 bits per heavy atom. The number of carbonyl (C=O) groups excluding carboxylic acids is 1. The van der Waals surface area contributed by atoms with E-state index in [1.54, 1.807) is 0 Å². The molecule has 0 aliphatic rings. The molecule has 0 atom stereocenters. The molecule has 3 aromatic carbocycles. The quantitative estimate of drug-likeness (QED) is 0.525. The first-order valence-corrected chi connectivity index (χ1v) is 9.33. The Labute approximate surface area is 166 Å². The minimum Gasteiger partial charge on any atom is -0.376 e. The summed E-state index contributed by atoms with van der Waals surface area (Å²) in [6, 6.07) is 26.4. The first-order chi connectivity index (χ1) is 13.7. The molecule has 0 heterocycles. The fraction of sp³-hybridized carbons (Fsp3) is 0.125. The summed E-state index contributed by atoms with van der Waals surface area (Å²) in [5, 5.41) is 3.12. The van der Waals surface area contributed by atoms with Gasteiger partial charge in [0.15, 0.2) is 0 Å². The molecule has 0 radical (unpaired) electrons. The second kappa shape index (κ2) is 9.42. The monoisotopic (exact) mass is 371 g/mol. The Morgan fingerprint density at radius 2 is 1.57 bits per heavy atom. The van der Waals surface area contributed by atoms with Gasteiger partial charge < -0.3 is 5.32 Å². The summed E-state index contributed by atoms with van der Waals surface area (Å²) in [5.74, 6) is -0.137. The molecule has 0 aliphatic carbocycles. The summed E-state index contributed by atoms with van der Waals surface area (Å²) in [5.41, 5.74) is 12.0. The summed E-state index contributed by atoms with van der Waals surface area (Å²) in [4.78, 5) is 12.1. The van der Waals surface area contributed by atoms with Gasteiger partial charge in [-0.15, -0.1) is 0 Å². The van der Waals surface area contributed by atoms with Crippen molar-refractivity contribution in [2.75, 3.05) is 11.9 Å². The van der Waals surface area contributed by atoms with Crippen molar-refractivity contribution in [3.05, 3.63) is 96.1 Å². The van der Waals surface area contributed by atoms with E-state index in [9.17, 15) is 4.79 Å². The summed E-state index contributed by atoms with van der Waals surface area (Å²) in [6.45, 7) is 4.15. The number of allylic oxidation sites excluding steroid dienone is 1. The molecule has 0 saturated heterocycles. The van der Waals surface area contributed by atoms with Crippen LogP contribution in [0.2, 0.25) is 0 Å². The van der Waals surface area contributed by atoms with E-state index in [0.29, 0.717) is 0 Å². The van der Waals surface area contributed by atoms with Gasteiger partial charge in [0.2, 0.25) is 0 Å². The third-order valence-electron chi connectivity index (χ3n) is 4.40. The highest BCUT2D eigenvalue weighted by Gasteiger charge is 2.05. The highest BCUT2D eigenvalue weighted by atomic mass is 16.2. The molecule has 0 aliphatic heterocycles. The van der Waals surface area contributed by atoms with E-state index in [1.165, 1.54) is 5.56 Å². The van der Waals surface area contributed by atoms with Crippen molar-refractivity contribution in [2.45, 2.75) is 13.8 Å². The number of anilines is 1. The number of hydrogen-bond donors (Lipinski definition) is 3. The lowest BCUT2D eigenvalue weighted by molar-refractivity contribution is -0.120. The average Bonchev–Trinajstić information content (AvgIpc) is 2.74. The molecule has 1 amide bonds. The molecular weight excluding hydrogens is 346 g/mol. The van der Waals surface area contributed by atoms with Gasteiger partial charge in [0.1, 0.15) is 0 Å². The number of aryl methyl sites for hydroxylation is 1. The zero-order valence-electron chi connectivity index (χ0n) is 16.2. The van der Waals surface area contributed by atoms with Gasteiger partial charge in [0.25, 0.3) is 5.91 Å². The minimum atomic E-state index is -0.137. The summed E-state index contributed by atoms with van der Waals surface area (Å²) < 4.78 is 0. The van der Waals surface area contributed by atoms with Gasteiger partial charge in [-0.3, -0.25) is 15.6 Å². The molecule has 0 unspecified atom stereocenters. The summed E-state index contributed by atoms with van der Waals surface area (Å²) in [7, 11) is 0. The van der Waals surface area contributed by atoms with Crippen LogP contribution in [0.4, 0.5) is 5.69 Å². The molecule has 28 heavy (non-hydrogen) atoms. The Morgan fingerprint density at radius 3 is 2.25 bits per heavy atom. The van der Waals surface area contributed by atoms with Gasteiger partial charge in [0.05, 0.1) is 12.2 Å². The Balaban J connectivity index is 1.54. The SMILES string of the molecule is CC=C(NNC(=O)CNc1cccc(C)c1)c1ccc(-c2ccccc2)cc1. The van der Waals surface area contributed by atoms with E-state index in [0.717, 1.165) is 28.1 Å². The number of amides is 1. The summed E-state index contributed by atoms with van der Waals surface area (Å²) in [6.07, 6.45) is 1.94. The smallest absolute Gasteiger partial charge is 0.257 e. The number of hydrazine groups is 1. The minimum absolute atomic E-state index is 0.137. The van der Waals surface area contributed by atoms with Crippen molar-refractivity contribution in [1.29, 1.82) is 0 Å².